The largest absolute Gasteiger partial charge is 0.454 e. The molecule has 20 heavy (non-hydrogen) atoms. The van der Waals surface area contributed by atoms with E-state index in [1.165, 1.54) is 0 Å². The zero-order valence-electron chi connectivity index (χ0n) is 12.4. The number of ketones is 1. The van der Waals surface area contributed by atoms with Crippen LogP contribution in [0.4, 0.5) is 0 Å². The van der Waals surface area contributed by atoms with Crippen molar-refractivity contribution in [1.82, 2.24) is 5.32 Å². The number of benzene rings is 1. The number of carbonyl (C=O) groups excluding carboxylic acids is 1. The molecule has 110 valence electrons. The lowest BCUT2D eigenvalue weighted by Gasteiger charge is -2.18. The lowest BCUT2D eigenvalue weighted by Crippen LogP contribution is -2.38. The van der Waals surface area contributed by atoms with Gasteiger partial charge in [0.25, 0.3) is 0 Å². The normalized spacial score (nSPS) is 14.6. The Kier molecular flexibility index (Phi) is 5.01. The molecule has 0 aromatic heterocycles. The Morgan fingerprint density at radius 3 is 2.75 bits per heavy atom. The van der Waals surface area contributed by atoms with Gasteiger partial charge in [-0.1, -0.05) is 27.2 Å². The van der Waals surface area contributed by atoms with Crippen LogP contribution in [-0.4, -0.2) is 25.2 Å². The van der Waals surface area contributed by atoms with Crippen molar-refractivity contribution in [3.05, 3.63) is 23.8 Å². The molecule has 1 unspecified atom stereocenters. The van der Waals surface area contributed by atoms with E-state index in [0.717, 1.165) is 19.4 Å². The molecule has 0 spiro atoms. The molecule has 1 atom stereocenters. The van der Waals surface area contributed by atoms with Gasteiger partial charge >= 0.3 is 0 Å². The van der Waals surface area contributed by atoms with Crippen molar-refractivity contribution in [3.8, 4) is 11.5 Å². The summed E-state index contributed by atoms with van der Waals surface area (Å²) in [7, 11) is 0. The Morgan fingerprint density at radius 2 is 2.05 bits per heavy atom. The lowest BCUT2D eigenvalue weighted by atomic mass is 9.99. The predicted molar refractivity (Wildman–Crippen MR) is 78.4 cm³/mol. The van der Waals surface area contributed by atoms with E-state index in [9.17, 15) is 4.79 Å². The molecule has 0 radical (unpaired) electrons. The first-order chi connectivity index (χ1) is 9.61. The van der Waals surface area contributed by atoms with Crippen molar-refractivity contribution in [3.63, 3.8) is 0 Å². The number of ether oxygens (including phenoxy) is 2. The van der Waals surface area contributed by atoms with Crippen LogP contribution in [0, 0.1) is 5.92 Å². The van der Waals surface area contributed by atoms with Crippen LogP contribution >= 0.6 is 0 Å². The van der Waals surface area contributed by atoms with Gasteiger partial charge in [-0.15, -0.1) is 0 Å². The number of hydrogen-bond donors (Lipinski definition) is 1. The van der Waals surface area contributed by atoms with Crippen LogP contribution in [0.5, 0.6) is 11.5 Å². The second-order valence-corrected chi connectivity index (χ2v) is 5.58. The van der Waals surface area contributed by atoms with Gasteiger partial charge in [-0.2, -0.15) is 0 Å². The van der Waals surface area contributed by atoms with Gasteiger partial charge in [-0.3, -0.25) is 4.79 Å². The average Bonchev–Trinajstić information content (AvgIpc) is 2.89. The van der Waals surface area contributed by atoms with Crippen LogP contribution in [0.25, 0.3) is 0 Å². The van der Waals surface area contributed by atoms with Gasteiger partial charge in [0.1, 0.15) is 0 Å². The summed E-state index contributed by atoms with van der Waals surface area (Å²) in [4.78, 5) is 12.6. The molecule has 1 aromatic rings. The van der Waals surface area contributed by atoms with E-state index < -0.39 is 0 Å². The van der Waals surface area contributed by atoms with Crippen molar-refractivity contribution in [2.45, 2.75) is 39.7 Å². The molecule has 0 saturated carbocycles. The Morgan fingerprint density at radius 1 is 1.30 bits per heavy atom. The summed E-state index contributed by atoms with van der Waals surface area (Å²) in [6, 6.07) is 5.28. The summed E-state index contributed by atoms with van der Waals surface area (Å²) < 4.78 is 10.6. The van der Waals surface area contributed by atoms with Gasteiger partial charge in [0.15, 0.2) is 17.3 Å². The minimum absolute atomic E-state index is 0.122. The van der Waals surface area contributed by atoms with E-state index >= 15 is 0 Å². The fourth-order valence-corrected chi connectivity index (χ4v) is 2.24. The van der Waals surface area contributed by atoms with Crippen molar-refractivity contribution in [2.75, 3.05) is 13.3 Å². The Balaban J connectivity index is 2.10. The summed E-state index contributed by atoms with van der Waals surface area (Å²) in [5, 5.41) is 3.36. The highest BCUT2D eigenvalue weighted by molar-refractivity contribution is 6.00. The van der Waals surface area contributed by atoms with E-state index in [1.807, 2.05) is 6.07 Å². The molecular formula is C16H23NO3. The first-order valence-corrected chi connectivity index (χ1v) is 7.29. The van der Waals surface area contributed by atoms with E-state index in [-0.39, 0.29) is 18.6 Å². The molecule has 0 amide bonds. The van der Waals surface area contributed by atoms with Gasteiger partial charge in [-0.25, -0.2) is 0 Å². The molecule has 1 N–H and O–H groups in total. The fourth-order valence-electron chi connectivity index (χ4n) is 2.24. The molecule has 0 aliphatic carbocycles. The second kappa shape index (κ2) is 6.75. The van der Waals surface area contributed by atoms with Crippen LogP contribution in [0.15, 0.2) is 18.2 Å². The summed E-state index contributed by atoms with van der Waals surface area (Å²) >= 11 is 0. The minimum Gasteiger partial charge on any atom is -0.454 e. The Labute approximate surface area is 120 Å². The van der Waals surface area contributed by atoms with Gasteiger partial charge in [0.2, 0.25) is 6.79 Å². The number of Topliss-reactive ketones (excluding diaryl/α,β-unsaturated/α-hetero) is 1. The molecule has 0 saturated heterocycles. The third-order valence-electron chi connectivity index (χ3n) is 3.32. The van der Waals surface area contributed by atoms with Crippen molar-refractivity contribution < 1.29 is 14.3 Å². The molecule has 1 aliphatic rings. The first kappa shape index (κ1) is 14.9. The van der Waals surface area contributed by atoms with Crippen molar-refractivity contribution in [1.29, 1.82) is 0 Å². The second-order valence-electron chi connectivity index (χ2n) is 5.58. The zero-order chi connectivity index (χ0) is 14.5. The number of nitrogens with one attached hydrogen (secondary N) is 1. The number of carbonyl (C=O) groups is 1. The molecule has 4 heteroatoms. The van der Waals surface area contributed by atoms with Gasteiger partial charge in [-0.05, 0) is 37.1 Å². The molecule has 0 fully saturated rings. The van der Waals surface area contributed by atoms with Crippen molar-refractivity contribution >= 4 is 5.78 Å². The summed E-state index contributed by atoms with van der Waals surface area (Å²) in [6.07, 6.45) is 1.83. The Bertz CT molecular complexity index is 471. The highest BCUT2D eigenvalue weighted by Gasteiger charge is 2.22. The Hall–Kier alpha value is -1.55. The average molecular weight is 277 g/mol. The molecule has 4 nitrogen and oxygen atoms in total. The lowest BCUT2D eigenvalue weighted by molar-refractivity contribution is 0.0935. The minimum atomic E-state index is -0.122. The molecule has 1 aromatic carbocycles. The topological polar surface area (TPSA) is 47.6 Å². The van der Waals surface area contributed by atoms with Crippen LogP contribution in [-0.2, 0) is 0 Å². The highest BCUT2D eigenvalue weighted by atomic mass is 16.7. The van der Waals surface area contributed by atoms with Crippen LogP contribution in [0.3, 0.4) is 0 Å². The maximum absolute atomic E-state index is 12.6. The standard InChI is InChI=1S/C16H23NO3/c1-4-5-13(17-9-11(2)3)16(18)12-6-7-14-15(8-12)20-10-19-14/h6-8,11,13,17H,4-5,9-10H2,1-3H3. The number of rotatable bonds is 7. The van der Waals surface area contributed by atoms with Crippen molar-refractivity contribution in [2.24, 2.45) is 5.92 Å². The first-order valence-electron chi connectivity index (χ1n) is 7.29. The van der Waals surface area contributed by atoms with E-state index in [4.69, 9.17) is 9.47 Å². The summed E-state index contributed by atoms with van der Waals surface area (Å²) in [6.45, 7) is 7.46. The van der Waals surface area contributed by atoms with Crippen LogP contribution in [0.2, 0.25) is 0 Å². The third kappa shape index (κ3) is 3.51. The van der Waals surface area contributed by atoms with E-state index in [0.29, 0.717) is 23.0 Å². The van der Waals surface area contributed by atoms with E-state index in [1.54, 1.807) is 12.1 Å². The van der Waals surface area contributed by atoms with Gasteiger partial charge < -0.3 is 14.8 Å². The number of fused-ring (bicyclic) bond motifs is 1. The molecule has 1 aliphatic heterocycles. The molecule has 2 rings (SSSR count). The van der Waals surface area contributed by atoms with Gasteiger partial charge in [0, 0.05) is 5.56 Å². The maximum atomic E-state index is 12.6. The quantitative estimate of drug-likeness (QED) is 0.778. The highest BCUT2D eigenvalue weighted by Crippen LogP contribution is 2.32. The third-order valence-corrected chi connectivity index (χ3v) is 3.32. The molecular weight excluding hydrogens is 254 g/mol. The van der Waals surface area contributed by atoms with E-state index in [2.05, 4.69) is 26.1 Å². The fraction of sp³-hybridized carbons (Fsp3) is 0.562. The van der Waals surface area contributed by atoms with Crippen LogP contribution < -0.4 is 14.8 Å². The maximum Gasteiger partial charge on any atom is 0.231 e. The van der Waals surface area contributed by atoms with Gasteiger partial charge in [0.05, 0.1) is 6.04 Å². The molecule has 0 bridgehead atoms. The SMILES string of the molecule is CCCC(NCC(C)C)C(=O)c1ccc2c(c1)OCO2. The number of hydrogen-bond acceptors (Lipinski definition) is 4. The monoisotopic (exact) mass is 277 g/mol. The van der Waals surface area contributed by atoms with Crippen LogP contribution in [0.1, 0.15) is 44.0 Å². The molecule has 1 heterocycles. The summed E-state index contributed by atoms with van der Waals surface area (Å²) in [5.74, 6) is 2.03. The predicted octanol–water partition coefficient (Wildman–Crippen LogP) is 3.01. The smallest absolute Gasteiger partial charge is 0.231 e. The zero-order valence-corrected chi connectivity index (χ0v) is 12.4. The summed E-state index contributed by atoms with van der Waals surface area (Å²) in [5.41, 5.74) is 0.684.